The molecule has 0 amide bonds. The minimum Gasteiger partial charge on any atom is -0.507 e. The van der Waals surface area contributed by atoms with E-state index in [0.717, 1.165) is 16.9 Å². The zero-order chi connectivity index (χ0) is 13.0. The van der Waals surface area contributed by atoms with Crippen LogP contribution in [0.15, 0.2) is 22.7 Å². The standard InChI is InChI=1S/C15H22BrNO/c1-17(10-12-5-3-2-4-6-12)11-13-7-8-15(18)14(16)9-13/h7-9,12,18H,2-6,10-11H2,1H3. The Morgan fingerprint density at radius 2 is 2.00 bits per heavy atom. The van der Waals surface area contributed by atoms with E-state index in [4.69, 9.17) is 0 Å². The highest BCUT2D eigenvalue weighted by Crippen LogP contribution is 2.26. The van der Waals surface area contributed by atoms with Crippen LogP contribution < -0.4 is 0 Å². The van der Waals surface area contributed by atoms with Gasteiger partial charge in [-0.2, -0.15) is 0 Å². The molecule has 0 aromatic heterocycles. The first-order valence-corrected chi connectivity index (χ1v) is 7.60. The van der Waals surface area contributed by atoms with E-state index in [2.05, 4.69) is 27.9 Å². The number of hydrogen-bond acceptors (Lipinski definition) is 2. The third kappa shape index (κ3) is 3.99. The minimum atomic E-state index is 0.314. The van der Waals surface area contributed by atoms with Crippen LogP contribution in [-0.4, -0.2) is 23.6 Å². The normalized spacial score (nSPS) is 17.3. The van der Waals surface area contributed by atoms with Crippen molar-refractivity contribution in [1.82, 2.24) is 4.90 Å². The van der Waals surface area contributed by atoms with E-state index in [-0.39, 0.29) is 0 Å². The molecule has 0 saturated heterocycles. The second kappa shape index (κ2) is 6.58. The number of nitrogens with zero attached hydrogens (tertiary/aromatic N) is 1. The summed E-state index contributed by atoms with van der Waals surface area (Å²) in [6.07, 6.45) is 7.02. The van der Waals surface area contributed by atoms with Crippen molar-refractivity contribution in [2.75, 3.05) is 13.6 Å². The van der Waals surface area contributed by atoms with Crippen LogP contribution in [0.25, 0.3) is 0 Å². The van der Waals surface area contributed by atoms with Gasteiger partial charge in [-0.15, -0.1) is 0 Å². The summed E-state index contributed by atoms with van der Waals surface area (Å²) in [6.45, 7) is 2.15. The van der Waals surface area contributed by atoms with E-state index in [0.29, 0.717) is 5.75 Å². The maximum absolute atomic E-state index is 9.48. The van der Waals surface area contributed by atoms with E-state index >= 15 is 0 Å². The molecular weight excluding hydrogens is 290 g/mol. The Kier molecular flexibility index (Phi) is 5.07. The number of phenolic OH excluding ortho intramolecular Hbond substituents is 1. The van der Waals surface area contributed by atoms with Gasteiger partial charge >= 0.3 is 0 Å². The molecular formula is C15H22BrNO. The average molecular weight is 312 g/mol. The summed E-state index contributed by atoms with van der Waals surface area (Å²) < 4.78 is 0.783. The first-order valence-electron chi connectivity index (χ1n) is 6.81. The van der Waals surface area contributed by atoms with Crippen LogP contribution in [-0.2, 0) is 6.54 Å². The summed E-state index contributed by atoms with van der Waals surface area (Å²) in [4.78, 5) is 2.40. The van der Waals surface area contributed by atoms with Gasteiger partial charge < -0.3 is 10.0 Å². The monoisotopic (exact) mass is 311 g/mol. The van der Waals surface area contributed by atoms with E-state index in [1.807, 2.05) is 12.1 Å². The molecule has 1 aromatic rings. The molecule has 100 valence electrons. The van der Waals surface area contributed by atoms with Crippen molar-refractivity contribution in [2.45, 2.75) is 38.6 Å². The molecule has 1 saturated carbocycles. The summed E-state index contributed by atoms with van der Waals surface area (Å²) in [5.41, 5.74) is 1.25. The molecule has 1 aliphatic carbocycles. The molecule has 2 rings (SSSR count). The fraction of sp³-hybridized carbons (Fsp3) is 0.600. The predicted octanol–water partition coefficient (Wildman–Crippen LogP) is 4.17. The van der Waals surface area contributed by atoms with Crippen molar-refractivity contribution < 1.29 is 5.11 Å². The highest BCUT2D eigenvalue weighted by atomic mass is 79.9. The van der Waals surface area contributed by atoms with Gasteiger partial charge in [-0.05, 0) is 59.4 Å². The molecule has 0 spiro atoms. The lowest BCUT2D eigenvalue weighted by Crippen LogP contribution is -2.26. The van der Waals surface area contributed by atoms with Crippen molar-refractivity contribution in [3.05, 3.63) is 28.2 Å². The third-order valence-electron chi connectivity index (χ3n) is 3.76. The van der Waals surface area contributed by atoms with E-state index in [9.17, 15) is 5.11 Å². The molecule has 0 aliphatic heterocycles. The summed E-state index contributed by atoms with van der Waals surface area (Å²) in [7, 11) is 2.19. The Balaban J connectivity index is 1.85. The lowest BCUT2D eigenvalue weighted by molar-refractivity contribution is 0.228. The van der Waals surface area contributed by atoms with Gasteiger partial charge in [-0.25, -0.2) is 0 Å². The Bertz CT molecular complexity index is 388. The van der Waals surface area contributed by atoms with E-state index < -0.39 is 0 Å². The lowest BCUT2D eigenvalue weighted by Gasteiger charge is -2.27. The Labute approximate surface area is 118 Å². The Hall–Kier alpha value is -0.540. The third-order valence-corrected chi connectivity index (χ3v) is 4.39. The topological polar surface area (TPSA) is 23.5 Å². The second-order valence-electron chi connectivity index (χ2n) is 5.49. The maximum atomic E-state index is 9.48. The number of phenols is 1. The number of hydrogen-bond donors (Lipinski definition) is 1. The molecule has 0 heterocycles. The van der Waals surface area contributed by atoms with Crippen LogP contribution in [0.3, 0.4) is 0 Å². The Morgan fingerprint density at radius 1 is 1.28 bits per heavy atom. The van der Waals surface area contributed by atoms with Crippen LogP contribution in [0.5, 0.6) is 5.75 Å². The lowest BCUT2D eigenvalue weighted by atomic mass is 9.89. The smallest absolute Gasteiger partial charge is 0.129 e. The van der Waals surface area contributed by atoms with E-state index in [1.165, 1.54) is 44.2 Å². The number of halogens is 1. The molecule has 18 heavy (non-hydrogen) atoms. The van der Waals surface area contributed by atoms with Crippen LogP contribution in [0, 0.1) is 5.92 Å². The number of benzene rings is 1. The molecule has 1 fully saturated rings. The maximum Gasteiger partial charge on any atom is 0.129 e. The van der Waals surface area contributed by atoms with Crippen molar-refractivity contribution >= 4 is 15.9 Å². The fourth-order valence-electron chi connectivity index (χ4n) is 2.84. The first-order chi connectivity index (χ1) is 8.65. The molecule has 0 radical (unpaired) electrons. The minimum absolute atomic E-state index is 0.314. The Morgan fingerprint density at radius 3 is 2.67 bits per heavy atom. The van der Waals surface area contributed by atoms with Gasteiger partial charge in [-0.3, -0.25) is 0 Å². The number of aromatic hydroxyl groups is 1. The quantitative estimate of drug-likeness (QED) is 0.902. The van der Waals surface area contributed by atoms with Gasteiger partial charge in [0.15, 0.2) is 0 Å². The zero-order valence-corrected chi connectivity index (χ0v) is 12.6. The van der Waals surface area contributed by atoms with Crippen molar-refractivity contribution in [2.24, 2.45) is 5.92 Å². The summed E-state index contributed by atoms with van der Waals surface area (Å²) in [5.74, 6) is 1.19. The van der Waals surface area contributed by atoms with Gasteiger partial charge in [-0.1, -0.05) is 25.3 Å². The zero-order valence-electron chi connectivity index (χ0n) is 11.0. The van der Waals surface area contributed by atoms with Gasteiger partial charge in [0, 0.05) is 13.1 Å². The molecule has 1 aromatic carbocycles. The molecule has 2 nitrogen and oxygen atoms in total. The van der Waals surface area contributed by atoms with Gasteiger partial charge in [0.05, 0.1) is 4.47 Å². The van der Waals surface area contributed by atoms with Gasteiger partial charge in [0.25, 0.3) is 0 Å². The van der Waals surface area contributed by atoms with Crippen LogP contribution >= 0.6 is 15.9 Å². The first kappa shape index (κ1) is 13.9. The average Bonchev–Trinajstić information content (AvgIpc) is 2.35. The van der Waals surface area contributed by atoms with Crippen molar-refractivity contribution in [3.8, 4) is 5.75 Å². The summed E-state index contributed by atoms with van der Waals surface area (Å²) in [6, 6.07) is 5.76. The van der Waals surface area contributed by atoms with Gasteiger partial charge in [0.1, 0.15) is 5.75 Å². The second-order valence-corrected chi connectivity index (χ2v) is 6.34. The van der Waals surface area contributed by atoms with Crippen LogP contribution in [0.2, 0.25) is 0 Å². The molecule has 0 bridgehead atoms. The molecule has 1 N–H and O–H groups in total. The molecule has 0 unspecified atom stereocenters. The fourth-order valence-corrected chi connectivity index (χ4v) is 3.26. The highest BCUT2D eigenvalue weighted by molar-refractivity contribution is 9.10. The van der Waals surface area contributed by atoms with Gasteiger partial charge in [0.2, 0.25) is 0 Å². The summed E-state index contributed by atoms with van der Waals surface area (Å²) in [5, 5.41) is 9.48. The predicted molar refractivity (Wildman–Crippen MR) is 78.7 cm³/mol. The molecule has 3 heteroatoms. The van der Waals surface area contributed by atoms with Crippen molar-refractivity contribution in [1.29, 1.82) is 0 Å². The molecule has 0 atom stereocenters. The largest absolute Gasteiger partial charge is 0.507 e. The SMILES string of the molecule is CN(Cc1ccc(O)c(Br)c1)CC1CCCCC1. The number of rotatable bonds is 4. The van der Waals surface area contributed by atoms with Crippen molar-refractivity contribution in [3.63, 3.8) is 0 Å². The van der Waals surface area contributed by atoms with Crippen LogP contribution in [0.4, 0.5) is 0 Å². The summed E-state index contributed by atoms with van der Waals surface area (Å²) >= 11 is 3.37. The highest BCUT2D eigenvalue weighted by Gasteiger charge is 2.15. The molecule has 1 aliphatic rings. The van der Waals surface area contributed by atoms with Crippen LogP contribution in [0.1, 0.15) is 37.7 Å². The van der Waals surface area contributed by atoms with E-state index in [1.54, 1.807) is 6.07 Å².